The maximum absolute atomic E-state index is 13.6. The first-order valence-corrected chi connectivity index (χ1v) is 11.6. The number of nitrogens with one attached hydrogen (secondary N) is 1. The van der Waals surface area contributed by atoms with Gasteiger partial charge in [0.25, 0.3) is 10.0 Å². The first-order chi connectivity index (χ1) is 14.1. The maximum Gasteiger partial charge on any atom is 0.412 e. The Labute approximate surface area is 178 Å². The third-order valence-corrected chi connectivity index (χ3v) is 7.04. The zero-order valence-electron chi connectivity index (χ0n) is 17.0. The second-order valence-electron chi connectivity index (χ2n) is 7.79. The van der Waals surface area contributed by atoms with E-state index in [4.69, 9.17) is 9.47 Å². The highest BCUT2D eigenvalue weighted by molar-refractivity contribution is 7.92. The molecule has 1 aliphatic heterocycles. The number of rotatable bonds is 3. The molecule has 0 aliphatic carbocycles. The fourth-order valence-corrected chi connectivity index (χ4v) is 5.79. The van der Waals surface area contributed by atoms with Crippen molar-refractivity contribution in [1.82, 2.24) is 9.38 Å². The van der Waals surface area contributed by atoms with Crippen LogP contribution in [0.2, 0.25) is 0 Å². The summed E-state index contributed by atoms with van der Waals surface area (Å²) in [6.07, 6.45) is 1.06. The average molecular weight is 451 g/mol. The van der Waals surface area contributed by atoms with Crippen molar-refractivity contribution in [1.29, 1.82) is 0 Å². The highest BCUT2D eigenvalue weighted by Crippen LogP contribution is 2.38. The van der Waals surface area contributed by atoms with Crippen molar-refractivity contribution in [2.75, 3.05) is 22.8 Å². The van der Waals surface area contributed by atoms with Crippen molar-refractivity contribution in [3.63, 3.8) is 0 Å². The third-order valence-electron chi connectivity index (χ3n) is 4.34. The highest BCUT2D eigenvalue weighted by atomic mass is 32.2. The second-order valence-corrected chi connectivity index (χ2v) is 10.4. The number of aromatic nitrogens is 2. The lowest BCUT2D eigenvalue weighted by atomic mass is 10.2. The van der Waals surface area contributed by atoms with Gasteiger partial charge in [0, 0.05) is 17.3 Å². The van der Waals surface area contributed by atoms with E-state index in [9.17, 15) is 13.2 Å². The minimum Gasteiger partial charge on any atom is -0.489 e. The molecule has 0 unspecified atom stereocenters. The summed E-state index contributed by atoms with van der Waals surface area (Å²) in [4.78, 5) is 17.1. The van der Waals surface area contributed by atoms with Crippen LogP contribution in [0.25, 0.3) is 4.96 Å². The molecule has 1 amide bonds. The summed E-state index contributed by atoms with van der Waals surface area (Å²) in [5.74, 6) is 0.420. The van der Waals surface area contributed by atoms with Crippen LogP contribution in [0.15, 0.2) is 34.8 Å². The number of carbonyl (C=O) groups is 1. The Kier molecular flexibility index (Phi) is 4.89. The molecule has 4 rings (SSSR count). The van der Waals surface area contributed by atoms with Gasteiger partial charge in [-0.1, -0.05) is 0 Å². The molecule has 9 nitrogen and oxygen atoms in total. The Morgan fingerprint density at radius 2 is 2.10 bits per heavy atom. The number of thiazole rings is 1. The summed E-state index contributed by atoms with van der Waals surface area (Å²) < 4.78 is 40.9. The van der Waals surface area contributed by atoms with E-state index in [0.717, 1.165) is 0 Å². The molecule has 0 spiro atoms. The molecule has 1 aliphatic rings. The third kappa shape index (κ3) is 3.70. The summed E-state index contributed by atoms with van der Waals surface area (Å²) in [5, 5.41) is 4.55. The average Bonchev–Trinajstić information content (AvgIpc) is 3.19. The molecule has 1 N–H and O–H groups in total. The van der Waals surface area contributed by atoms with Gasteiger partial charge in [-0.05, 0) is 45.9 Å². The zero-order valence-corrected chi connectivity index (χ0v) is 18.6. The molecule has 160 valence electrons. The number of ether oxygens (including phenoxy) is 2. The molecule has 2 aromatic heterocycles. The van der Waals surface area contributed by atoms with Gasteiger partial charge in [0.05, 0.1) is 17.9 Å². The van der Waals surface area contributed by atoms with Crippen LogP contribution in [0.1, 0.15) is 26.5 Å². The topological polar surface area (TPSA) is 102 Å². The minimum absolute atomic E-state index is 0.122. The standard InChI is InChI=1S/C19H22N4O5S2/c1-12-16(22-8-10-29-17(22)20-12)30(25,26)23-7-9-27-15-6-5-13(11-14(15)23)21-18(24)28-19(2,3)4/h5-6,8,10-11H,7,9H2,1-4H3,(H,21,24). The number of hydrogen-bond donors (Lipinski definition) is 1. The van der Waals surface area contributed by atoms with Crippen molar-refractivity contribution in [3.8, 4) is 5.75 Å². The Bertz CT molecular complexity index is 1220. The molecule has 3 heterocycles. The van der Waals surface area contributed by atoms with Crippen LogP contribution in [0.4, 0.5) is 16.2 Å². The molecule has 0 bridgehead atoms. The van der Waals surface area contributed by atoms with Crippen LogP contribution in [0, 0.1) is 6.92 Å². The number of hydrogen-bond acceptors (Lipinski definition) is 7. The lowest BCUT2D eigenvalue weighted by Gasteiger charge is -2.30. The summed E-state index contributed by atoms with van der Waals surface area (Å²) in [6, 6.07) is 4.84. The van der Waals surface area contributed by atoms with Crippen LogP contribution in [0.5, 0.6) is 5.75 Å². The number of anilines is 2. The van der Waals surface area contributed by atoms with Crippen LogP contribution < -0.4 is 14.4 Å². The molecule has 11 heteroatoms. The minimum atomic E-state index is -3.92. The molecule has 0 saturated heterocycles. The largest absolute Gasteiger partial charge is 0.489 e. The molecular weight excluding hydrogens is 428 g/mol. The van der Waals surface area contributed by atoms with Gasteiger partial charge in [-0.3, -0.25) is 14.0 Å². The van der Waals surface area contributed by atoms with Gasteiger partial charge >= 0.3 is 6.09 Å². The molecule has 0 radical (unpaired) electrons. The molecule has 30 heavy (non-hydrogen) atoms. The van der Waals surface area contributed by atoms with Crippen molar-refractivity contribution in [3.05, 3.63) is 35.5 Å². The van der Waals surface area contributed by atoms with E-state index in [1.54, 1.807) is 61.9 Å². The number of imidazole rings is 1. The van der Waals surface area contributed by atoms with Crippen LogP contribution in [-0.2, 0) is 14.8 Å². The van der Waals surface area contributed by atoms with Gasteiger partial charge in [0.2, 0.25) is 0 Å². The van der Waals surface area contributed by atoms with Crippen LogP contribution >= 0.6 is 11.3 Å². The second kappa shape index (κ2) is 7.17. The lowest BCUT2D eigenvalue weighted by molar-refractivity contribution is 0.0636. The summed E-state index contributed by atoms with van der Waals surface area (Å²) >= 11 is 1.37. The number of amides is 1. The number of nitrogens with zero attached hydrogens (tertiary/aromatic N) is 3. The first-order valence-electron chi connectivity index (χ1n) is 9.28. The molecular formula is C19H22N4O5S2. The predicted octanol–water partition coefficient (Wildman–Crippen LogP) is 3.64. The van der Waals surface area contributed by atoms with Crippen molar-refractivity contribution < 1.29 is 22.7 Å². The van der Waals surface area contributed by atoms with Gasteiger partial charge in [-0.15, -0.1) is 11.3 Å². The number of sulfonamides is 1. The summed E-state index contributed by atoms with van der Waals surface area (Å²) in [6.45, 7) is 7.33. The number of benzene rings is 1. The number of fused-ring (bicyclic) bond motifs is 2. The zero-order chi connectivity index (χ0) is 21.7. The first kappa shape index (κ1) is 20.5. The monoisotopic (exact) mass is 450 g/mol. The van der Waals surface area contributed by atoms with E-state index in [0.29, 0.717) is 27.8 Å². The van der Waals surface area contributed by atoms with E-state index >= 15 is 0 Å². The van der Waals surface area contributed by atoms with E-state index < -0.39 is 21.7 Å². The smallest absolute Gasteiger partial charge is 0.412 e. The van der Waals surface area contributed by atoms with Crippen LogP contribution in [-0.4, -0.2) is 42.6 Å². The van der Waals surface area contributed by atoms with Crippen molar-refractivity contribution in [2.24, 2.45) is 0 Å². The molecule has 0 fully saturated rings. The van der Waals surface area contributed by atoms with E-state index in [1.807, 2.05) is 0 Å². The van der Waals surface area contributed by atoms with E-state index in [1.165, 1.54) is 15.6 Å². The van der Waals surface area contributed by atoms with Gasteiger partial charge in [-0.2, -0.15) is 8.42 Å². The highest BCUT2D eigenvalue weighted by Gasteiger charge is 2.34. The summed E-state index contributed by atoms with van der Waals surface area (Å²) in [5.41, 5.74) is 0.527. The Balaban J connectivity index is 1.72. The molecule has 3 aromatic rings. The fourth-order valence-electron chi connectivity index (χ4n) is 3.23. The van der Waals surface area contributed by atoms with Crippen LogP contribution in [0.3, 0.4) is 0 Å². The quantitative estimate of drug-likeness (QED) is 0.654. The van der Waals surface area contributed by atoms with Gasteiger partial charge in [-0.25, -0.2) is 9.78 Å². The predicted molar refractivity (Wildman–Crippen MR) is 114 cm³/mol. The maximum atomic E-state index is 13.6. The lowest BCUT2D eigenvalue weighted by Crippen LogP contribution is -2.38. The van der Waals surface area contributed by atoms with Crippen molar-refractivity contribution >= 4 is 43.8 Å². The Morgan fingerprint density at radius 3 is 2.83 bits per heavy atom. The fraction of sp³-hybridized carbons (Fsp3) is 0.368. The van der Waals surface area contributed by atoms with E-state index in [2.05, 4.69) is 10.3 Å². The van der Waals surface area contributed by atoms with Gasteiger partial charge < -0.3 is 9.47 Å². The van der Waals surface area contributed by atoms with Gasteiger partial charge in [0.15, 0.2) is 9.99 Å². The number of carbonyl (C=O) groups excluding carboxylic acids is 1. The SMILES string of the molecule is Cc1nc2sccn2c1S(=O)(=O)N1CCOc2ccc(NC(=O)OC(C)(C)C)cc21. The number of aryl methyl sites for hydroxylation is 1. The Hall–Kier alpha value is -2.79. The molecule has 0 saturated carbocycles. The van der Waals surface area contributed by atoms with Gasteiger partial charge in [0.1, 0.15) is 18.0 Å². The van der Waals surface area contributed by atoms with E-state index in [-0.39, 0.29) is 18.2 Å². The normalized spacial score (nSPS) is 14.3. The van der Waals surface area contributed by atoms with Crippen molar-refractivity contribution in [2.45, 2.75) is 38.3 Å². The summed E-state index contributed by atoms with van der Waals surface area (Å²) in [7, 11) is -3.92. The Morgan fingerprint density at radius 1 is 1.33 bits per heavy atom. The molecule has 1 aromatic carbocycles. The molecule has 0 atom stereocenters.